The molecule has 4 heteroatoms. The third-order valence-corrected chi connectivity index (χ3v) is 3.64. The van der Waals surface area contributed by atoms with Crippen LogP contribution < -0.4 is 9.64 Å². The maximum Gasteiger partial charge on any atom is 0.230 e. The number of fused-ring (bicyclic) bond motifs is 1. The fraction of sp³-hybridized carbons (Fsp3) is 0.500. The van der Waals surface area contributed by atoms with Crippen LogP contribution >= 0.6 is 0 Å². The summed E-state index contributed by atoms with van der Waals surface area (Å²) in [7, 11) is 0. The Morgan fingerprint density at radius 2 is 2.11 bits per heavy atom. The SMILES string of the molecule is O=C(C1CC(F)C1)N1CCCOc2ccccc21. The number of anilines is 1. The molecule has 1 heterocycles. The van der Waals surface area contributed by atoms with E-state index in [1.807, 2.05) is 24.3 Å². The Kier molecular flexibility index (Phi) is 2.94. The van der Waals surface area contributed by atoms with Crippen LogP contribution in [0.5, 0.6) is 5.75 Å². The van der Waals surface area contributed by atoms with Gasteiger partial charge >= 0.3 is 0 Å². The first kappa shape index (κ1) is 11.5. The van der Waals surface area contributed by atoms with Crippen molar-refractivity contribution in [3.63, 3.8) is 0 Å². The van der Waals surface area contributed by atoms with Crippen LogP contribution in [-0.4, -0.2) is 25.2 Å². The normalized spacial score (nSPS) is 26.6. The second-order valence-electron chi connectivity index (χ2n) is 4.93. The molecule has 0 radical (unpaired) electrons. The molecule has 0 N–H and O–H groups in total. The number of halogens is 1. The zero-order valence-electron chi connectivity index (χ0n) is 10.1. The predicted octanol–water partition coefficient (Wildman–Crippen LogP) is 2.55. The van der Waals surface area contributed by atoms with Crippen molar-refractivity contribution in [3.05, 3.63) is 24.3 Å². The zero-order valence-corrected chi connectivity index (χ0v) is 10.1. The molecule has 0 saturated heterocycles. The van der Waals surface area contributed by atoms with Crippen molar-refractivity contribution in [3.8, 4) is 5.75 Å². The number of hydrogen-bond donors (Lipinski definition) is 0. The van der Waals surface area contributed by atoms with E-state index in [0.717, 1.165) is 17.9 Å². The van der Waals surface area contributed by atoms with Gasteiger partial charge in [0.25, 0.3) is 0 Å². The standard InChI is InChI=1S/C14H16FNO2/c15-11-8-10(9-11)14(17)16-6-3-7-18-13-5-2-1-4-12(13)16/h1-2,4-5,10-11H,3,6-9H2. The van der Waals surface area contributed by atoms with Gasteiger partial charge in [-0.1, -0.05) is 12.1 Å². The highest BCUT2D eigenvalue weighted by molar-refractivity contribution is 5.97. The quantitative estimate of drug-likeness (QED) is 0.765. The molecule has 1 aromatic carbocycles. The lowest BCUT2D eigenvalue weighted by Gasteiger charge is -2.33. The predicted molar refractivity (Wildman–Crippen MR) is 66.5 cm³/mol. The van der Waals surface area contributed by atoms with Crippen LogP contribution in [0.15, 0.2) is 24.3 Å². The highest BCUT2D eigenvalue weighted by Gasteiger charge is 2.38. The smallest absolute Gasteiger partial charge is 0.230 e. The summed E-state index contributed by atoms with van der Waals surface area (Å²) in [5, 5.41) is 0. The van der Waals surface area contributed by atoms with Crippen molar-refractivity contribution in [2.45, 2.75) is 25.4 Å². The number of benzene rings is 1. The highest BCUT2D eigenvalue weighted by Crippen LogP contribution is 2.36. The molecular formula is C14H16FNO2. The van der Waals surface area contributed by atoms with Crippen molar-refractivity contribution >= 4 is 11.6 Å². The lowest BCUT2D eigenvalue weighted by Crippen LogP contribution is -2.43. The number of ether oxygens (including phenoxy) is 1. The molecule has 0 aromatic heterocycles. The van der Waals surface area contributed by atoms with E-state index in [1.165, 1.54) is 0 Å². The van der Waals surface area contributed by atoms with Crippen LogP contribution in [-0.2, 0) is 4.79 Å². The topological polar surface area (TPSA) is 29.5 Å². The second-order valence-corrected chi connectivity index (χ2v) is 4.93. The maximum absolute atomic E-state index is 12.9. The molecule has 2 aliphatic rings. The number of carbonyl (C=O) groups excluding carboxylic acids is 1. The minimum Gasteiger partial charge on any atom is -0.491 e. The summed E-state index contributed by atoms with van der Waals surface area (Å²) >= 11 is 0. The number of rotatable bonds is 1. The Labute approximate surface area is 106 Å². The number of alkyl halides is 1. The van der Waals surface area contributed by atoms with Crippen LogP contribution in [0.3, 0.4) is 0 Å². The Morgan fingerprint density at radius 1 is 1.33 bits per heavy atom. The van der Waals surface area contributed by atoms with E-state index in [2.05, 4.69) is 0 Å². The van der Waals surface area contributed by atoms with Gasteiger partial charge in [0.2, 0.25) is 5.91 Å². The van der Waals surface area contributed by atoms with E-state index in [4.69, 9.17) is 4.74 Å². The molecule has 0 atom stereocenters. The number of hydrogen-bond acceptors (Lipinski definition) is 2. The van der Waals surface area contributed by atoms with E-state index >= 15 is 0 Å². The van der Waals surface area contributed by atoms with E-state index < -0.39 is 6.17 Å². The van der Waals surface area contributed by atoms with Gasteiger partial charge in [-0.05, 0) is 31.4 Å². The van der Waals surface area contributed by atoms with Crippen LogP contribution in [0.25, 0.3) is 0 Å². The summed E-state index contributed by atoms with van der Waals surface area (Å²) in [5.41, 5.74) is 0.822. The number of nitrogens with zero attached hydrogens (tertiary/aromatic N) is 1. The van der Waals surface area contributed by atoms with Crippen molar-refractivity contribution < 1.29 is 13.9 Å². The van der Waals surface area contributed by atoms with Crippen LogP contribution in [0.2, 0.25) is 0 Å². The number of amides is 1. The first-order chi connectivity index (χ1) is 8.75. The van der Waals surface area contributed by atoms with Gasteiger partial charge in [0.1, 0.15) is 11.9 Å². The van der Waals surface area contributed by atoms with Crippen molar-refractivity contribution in [2.24, 2.45) is 5.92 Å². The molecule has 96 valence electrons. The van der Waals surface area contributed by atoms with E-state index in [-0.39, 0.29) is 11.8 Å². The second kappa shape index (κ2) is 4.59. The third kappa shape index (κ3) is 1.96. The summed E-state index contributed by atoms with van der Waals surface area (Å²) in [6, 6.07) is 7.56. The molecule has 1 fully saturated rings. The minimum absolute atomic E-state index is 0.0434. The molecule has 1 aliphatic carbocycles. The van der Waals surface area contributed by atoms with Crippen molar-refractivity contribution in [1.29, 1.82) is 0 Å². The summed E-state index contributed by atoms with van der Waals surface area (Å²) in [5.74, 6) is 0.646. The Bertz CT molecular complexity index is 457. The summed E-state index contributed by atoms with van der Waals surface area (Å²) in [4.78, 5) is 14.1. The van der Waals surface area contributed by atoms with E-state index in [1.54, 1.807) is 4.90 Å². The fourth-order valence-corrected chi connectivity index (χ4v) is 2.53. The molecule has 3 nitrogen and oxygen atoms in total. The van der Waals surface area contributed by atoms with Gasteiger partial charge in [0.05, 0.1) is 12.3 Å². The van der Waals surface area contributed by atoms with Gasteiger partial charge < -0.3 is 9.64 Å². The molecule has 0 spiro atoms. The first-order valence-electron chi connectivity index (χ1n) is 6.43. The molecular weight excluding hydrogens is 233 g/mol. The number of para-hydroxylation sites is 2. The van der Waals surface area contributed by atoms with Crippen LogP contribution in [0, 0.1) is 5.92 Å². The largest absolute Gasteiger partial charge is 0.491 e. The first-order valence-corrected chi connectivity index (χ1v) is 6.43. The van der Waals surface area contributed by atoms with Gasteiger partial charge in [-0.15, -0.1) is 0 Å². The summed E-state index contributed by atoms with van der Waals surface area (Å²) in [6.45, 7) is 1.28. The average Bonchev–Trinajstić information content (AvgIpc) is 2.56. The fourth-order valence-electron chi connectivity index (χ4n) is 2.53. The minimum atomic E-state index is -0.794. The Hall–Kier alpha value is -1.58. The molecule has 3 rings (SSSR count). The van der Waals surface area contributed by atoms with Gasteiger partial charge in [-0.25, -0.2) is 4.39 Å². The Morgan fingerprint density at radius 3 is 2.89 bits per heavy atom. The van der Waals surface area contributed by atoms with Gasteiger partial charge in [-0.2, -0.15) is 0 Å². The maximum atomic E-state index is 12.9. The van der Waals surface area contributed by atoms with Gasteiger partial charge in [-0.3, -0.25) is 4.79 Å². The third-order valence-electron chi connectivity index (χ3n) is 3.64. The molecule has 1 saturated carbocycles. The molecule has 1 amide bonds. The van der Waals surface area contributed by atoms with Gasteiger partial charge in [0, 0.05) is 12.5 Å². The van der Waals surface area contributed by atoms with Crippen molar-refractivity contribution in [1.82, 2.24) is 0 Å². The summed E-state index contributed by atoms with van der Waals surface area (Å²) in [6.07, 6.45) is 0.764. The average molecular weight is 249 g/mol. The van der Waals surface area contributed by atoms with Crippen molar-refractivity contribution in [2.75, 3.05) is 18.1 Å². The van der Waals surface area contributed by atoms with E-state index in [0.29, 0.717) is 26.0 Å². The molecule has 0 unspecified atom stereocenters. The highest BCUT2D eigenvalue weighted by atomic mass is 19.1. The summed E-state index contributed by atoms with van der Waals surface area (Å²) < 4.78 is 18.5. The lowest BCUT2D eigenvalue weighted by atomic mass is 9.82. The molecule has 18 heavy (non-hydrogen) atoms. The lowest BCUT2D eigenvalue weighted by molar-refractivity contribution is -0.126. The van der Waals surface area contributed by atoms with Crippen LogP contribution in [0.4, 0.5) is 10.1 Å². The monoisotopic (exact) mass is 249 g/mol. The molecule has 0 bridgehead atoms. The Balaban J connectivity index is 1.85. The zero-order chi connectivity index (χ0) is 12.5. The number of carbonyl (C=O) groups is 1. The molecule has 1 aliphatic heterocycles. The van der Waals surface area contributed by atoms with Crippen LogP contribution in [0.1, 0.15) is 19.3 Å². The molecule has 1 aromatic rings. The van der Waals surface area contributed by atoms with Gasteiger partial charge in [0.15, 0.2) is 0 Å². The van der Waals surface area contributed by atoms with E-state index in [9.17, 15) is 9.18 Å².